The van der Waals surface area contributed by atoms with Gasteiger partial charge in [-0.15, -0.1) is 0 Å². The summed E-state index contributed by atoms with van der Waals surface area (Å²) in [5.74, 6) is -0.665. The SMILES string of the molecule is N#Cc1nccn1-c1cc(F)ccc1[N+](=O)[O-]. The van der Waals surface area contributed by atoms with Gasteiger partial charge in [-0.25, -0.2) is 9.37 Å². The molecule has 2 rings (SSSR count). The number of aromatic nitrogens is 2. The van der Waals surface area contributed by atoms with E-state index in [1.54, 1.807) is 6.07 Å². The molecule has 1 aromatic heterocycles. The average molecular weight is 232 g/mol. The molecule has 84 valence electrons. The Kier molecular flexibility index (Phi) is 2.54. The van der Waals surface area contributed by atoms with Crippen molar-refractivity contribution in [3.8, 4) is 11.8 Å². The molecule has 0 aliphatic carbocycles. The van der Waals surface area contributed by atoms with Crippen LogP contribution in [0.25, 0.3) is 5.69 Å². The summed E-state index contributed by atoms with van der Waals surface area (Å²) in [6.45, 7) is 0. The summed E-state index contributed by atoms with van der Waals surface area (Å²) in [5.41, 5.74) is -0.315. The molecule has 0 radical (unpaired) electrons. The lowest BCUT2D eigenvalue weighted by atomic mass is 10.2. The van der Waals surface area contributed by atoms with Gasteiger partial charge in [0.2, 0.25) is 5.82 Å². The van der Waals surface area contributed by atoms with Crippen LogP contribution in [0, 0.1) is 27.3 Å². The van der Waals surface area contributed by atoms with E-state index in [0.717, 1.165) is 18.2 Å². The Hall–Kier alpha value is -2.75. The van der Waals surface area contributed by atoms with E-state index in [9.17, 15) is 14.5 Å². The molecule has 0 N–H and O–H groups in total. The van der Waals surface area contributed by atoms with Crippen molar-refractivity contribution < 1.29 is 9.31 Å². The minimum Gasteiger partial charge on any atom is -0.285 e. The second kappa shape index (κ2) is 4.02. The third kappa shape index (κ3) is 1.83. The molecule has 0 atom stereocenters. The summed E-state index contributed by atoms with van der Waals surface area (Å²) in [7, 11) is 0. The predicted octanol–water partition coefficient (Wildman–Crippen LogP) is 1.79. The molecule has 0 aliphatic heterocycles. The Morgan fingerprint density at radius 3 is 2.94 bits per heavy atom. The number of hydrogen-bond donors (Lipinski definition) is 0. The van der Waals surface area contributed by atoms with Crippen LogP contribution in [0.3, 0.4) is 0 Å². The van der Waals surface area contributed by atoms with Gasteiger partial charge in [0.05, 0.1) is 4.92 Å². The van der Waals surface area contributed by atoms with Crippen molar-refractivity contribution in [1.29, 1.82) is 5.26 Å². The largest absolute Gasteiger partial charge is 0.293 e. The number of nitro benzene ring substituents is 1. The Morgan fingerprint density at radius 2 is 2.29 bits per heavy atom. The zero-order chi connectivity index (χ0) is 12.4. The second-order valence-corrected chi connectivity index (χ2v) is 3.12. The Labute approximate surface area is 94.7 Å². The van der Waals surface area contributed by atoms with Crippen LogP contribution >= 0.6 is 0 Å². The van der Waals surface area contributed by atoms with E-state index in [0.29, 0.717) is 0 Å². The molecule has 0 aliphatic rings. The van der Waals surface area contributed by atoms with Gasteiger partial charge >= 0.3 is 0 Å². The van der Waals surface area contributed by atoms with E-state index in [1.807, 2.05) is 0 Å². The first-order valence-electron chi connectivity index (χ1n) is 4.51. The van der Waals surface area contributed by atoms with E-state index in [1.165, 1.54) is 17.0 Å². The molecule has 7 heteroatoms. The quantitative estimate of drug-likeness (QED) is 0.583. The number of hydrogen-bond acceptors (Lipinski definition) is 4. The minimum absolute atomic E-state index is 0.0240. The molecular weight excluding hydrogens is 227 g/mol. The van der Waals surface area contributed by atoms with Crippen molar-refractivity contribution in [2.45, 2.75) is 0 Å². The van der Waals surface area contributed by atoms with Crippen molar-refractivity contribution >= 4 is 5.69 Å². The van der Waals surface area contributed by atoms with Gasteiger partial charge in [0.25, 0.3) is 5.69 Å². The highest BCUT2D eigenvalue weighted by atomic mass is 19.1. The van der Waals surface area contributed by atoms with Crippen LogP contribution in [0.2, 0.25) is 0 Å². The summed E-state index contributed by atoms with van der Waals surface area (Å²) < 4.78 is 14.3. The lowest BCUT2D eigenvalue weighted by molar-refractivity contribution is -0.384. The minimum atomic E-state index is -0.643. The van der Waals surface area contributed by atoms with Crippen molar-refractivity contribution in [1.82, 2.24) is 9.55 Å². The molecule has 0 spiro atoms. The summed E-state index contributed by atoms with van der Waals surface area (Å²) >= 11 is 0. The number of nitro groups is 1. The van der Waals surface area contributed by atoms with Gasteiger partial charge in [-0.2, -0.15) is 5.26 Å². The Balaban J connectivity index is 2.70. The number of nitriles is 1. The van der Waals surface area contributed by atoms with Crippen molar-refractivity contribution in [2.75, 3.05) is 0 Å². The zero-order valence-corrected chi connectivity index (χ0v) is 8.37. The van der Waals surface area contributed by atoms with Gasteiger partial charge in [0, 0.05) is 24.5 Å². The van der Waals surface area contributed by atoms with Crippen LogP contribution in [-0.2, 0) is 0 Å². The molecule has 1 heterocycles. The summed E-state index contributed by atoms with van der Waals surface area (Å²) in [6, 6.07) is 4.79. The van der Waals surface area contributed by atoms with Crippen molar-refractivity contribution in [3.63, 3.8) is 0 Å². The number of imidazole rings is 1. The molecule has 0 saturated carbocycles. The summed E-state index contributed by atoms with van der Waals surface area (Å²) in [6.07, 6.45) is 2.67. The van der Waals surface area contributed by atoms with E-state index in [-0.39, 0.29) is 17.2 Å². The highest BCUT2D eigenvalue weighted by Crippen LogP contribution is 2.24. The van der Waals surface area contributed by atoms with Crippen LogP contribution in [0.4, 0.5) is 10.1 Å². The molecule has 0 unspecified atom stereocenters. The third-order valence-electron chi connectivity index (χ3n) is 2.13. The molecule has 17 heavy (non-hydrogen) atoms. The van der Waals surface area contributed by atoms with E-state index in [2.05, 4.69) is 4.98 Å². The maximum Gasteiger partial charge on any atom is 0.293 e. The highest BCUT2D eigenvalue weighted by molar-refractivity contribution is 5.53. The van der Waals surface area contributed by atoms with E-state index in [4.69, 9.17) is 5.26 Å². The molecule has 0 bridgehead atoms. The number of nitrogens with zero attached hydrogens (tertiary/aromatic N) is 4. The maximum atomic E-state index is 13.1. The standard InChI is InChI=1S/C10H5FN4O2/c11-7-1-2-8(15(16)17)9(5-7)14-4-3-13-10(14)6-12/h1-5H. The van der Waals surface area contributed by atoms with Gasteiger partial charge in [0.15, 0.2) is 0 Å². The number of benzene rings is 1. The van der Waals surface area contributed by atoms with Crippen LogP contribution < -0.4 is 0 Å². The van der Waals surface area contributed by atoms with Gasteiger partial charge in [-0.1, -0.05) is 0 Å². The first-order chi connectivity index (χ1) is 8.13. The molecule has 6 nitrogen and oxygen atoms in total. The molecule has 1 aromatic carbocycles. The monoisotopic (exact) mass is 232 g/mol. The number of halogens is 1. The zero-order valence-electron chi connectivity index (χ0n) is 8.37. The van der Waals surface area contributed by atoms with Crippen LogP contribution in [0.1, 0.15) is 5.82 Å². The molecule has 0 amide bonds. The Morgan fingerprint density at radius 1 is 1.53 bits per heavy atom. The number of rotatable bonds is 2. The van der Waals surface area contributed by atoms with E-state index < -0.39 is 10.7 Å². The van der Waals surface area contributed by atoms with Gasteiger partial charge in [0.1, 0.15) is 17.6 Å². The lowest BCUT2D eigenvalue weighted by Gasteiger charge is -2.04. The van der Waals surface area contributed by atoms with Gasteiger partial charge in [-0.3, -0.25) is 14.7 Å². The first-order valence-corrected chi connectivity index (χ1v) is 4.51. The predicted molar refractivity (Wildman–Crippen MR) is 54.9 cm³/mol. The molecule has 0 saturated heterocycles. The summed E-state index contributed by atoms with van der Waals surface area (Å²) in [4.78, 5) is 13.8. The normalized spacial score (nSPS) is 9.88. The second-order valence-electron chi connectivity index (χ2n) is 3.12. The fraction of sp³-hybridized carbons (Fsp3) is 0. The molecular formula is C10H5FN4O2. The van der Waals surface area contributed by atoms with Gasteiger partial charge in [-0.05, 0) is 6.07 Å². The van der Waals surface area contributed by atoms with Crippen LogP contribution in [0.5, 0.6) is 0 Å². The summed E-state index contributed by atoms with van der Waals surface area (Å²) in [5, 5.41) is 19.6. The highest BCUT2D eigenvalue weighted by Gasteiger charge is 2.18. The fourth-order valence-corrected chi connectivity index (χ4v) is 1.42. The topological polar surface area (TPSA) is 84.8 Å². The van der Waals surface area contributed by atoms with Crippen molar-refractivity contribution in [3.05, 3.63) is 52.3 Å². The van der Waals surface area contributed by atoms with Gasteiger partial charge < -0.3 is 0 Å². The lowest BCUT2D eigenvalue weighted by Crippen LogP contribution is -2.02. The van der Waals surface area contributed by atoms with Crippen LogP contribution in [-0.4, -0.2) is 14.5 Å². The Bertz CT molecular complexity index is 629. The maximum absolute atomic E-state index is 13.1. The average Bonchev–Trinajstić information content (AvgIpc) is 2.76. The smallest absolute Gasteiger partial charge is 0.285 e. The van der Waals surface area contributed by atoms with E-state index >= 15 is 0 Å². The first kappa shape index (κ1) is 10.8. The van der Waals surface area contributed by atoms with Crippen molar-refractivity contribution in [2.24, 2.45) is 0 Å². The fourth-order valence-electron chi connectivity index (χ4n) is 1.42. The van der Waals surface area contributed by atoms with Crippen LogP contribution in [0.15, 0.2) is 30.6 Å². The molecule has 0 fully saturated rings. The molecule has 2 aromatic rings. The third-order valence-corrected chi connectivity index (χ3v) is 2.13.